The number of halogens is 1. The summed E-state index contributed by atoms with van der Waals surface area (Å²) in [5.74, 6) is -2.81. The summed E-state index contributed by atoms with van der Waals surface area (Å²) in [6, 6.07) is 16.4. The number of ether oxygens (including phenoxy) is 2. The molecule has 0 spiro atoms. The first kappa shape index (κ1) is 19.0. The summed E-state index contributed by atoms with van der Waals surface area (Å²) < 4.78 is 14.0. The predicted octanol–water partition coefficient (Wildman–Crippen LogP) is 3.79. The zero-order chi connectivity index (χ0) is 21.0. The number of hydrogen-bond acceptors (Lipinski definition) is 6. The van der Waals surface area contributed by atoms with E-state index in [9.17, 15) is 15.8 Å². The van der Waals surface area contributed by atoms with E-state index in [-0.39, 0.29) is 0 Å². The molecule has 4 rings (SSSR count). The molecular formula is C21H16ClN5O2. The molecule has 0 aliphatic carbocycles. The number of nitrogens with zero attached hydrogens (tertiary/aromatic N) is 4. The molecule has 29 heavy (non-hydrogen) atoms. The Balaban J connectivity index is 2.07. The highest BCUT2D eigenvalue weighted by Crippen LogP contribution is 2.68. The number of rotatable bonds is 2. The zero-order valence-electron chi connectivity index (χ0n) is 15.7. The molecule has 1 aromatic heterocycles. The number of aromatic nitrogens is 1. The molecule has 2 saturated heterocycles. The molecule has 7 nitrogen and oxygen atoms in total. The van der Waals surface area contributed by atoms with Crippen molar-refractivity contribution in [3.8, 4) is 18.2 Å². The monoisotopic (exact) mass is 405 g/mol. The molecular weight excluding hydrogens is 390 g/mol. The lowest BCUT2D eigenvalue weighted by molar-refractivity contribution is -0.289. The van der Waals surface area contributed by atoms with Crippen LogP contribution < -0.4 is 0 Å². The Bertz CT molecular complexity index is 1140. The summed E-state index contributed by atoms with van der Waals surface area (Å²) in [4.78, 5) is 0. The van der Waals surface area contributed by atoms with Crippen LogP contribution in [0.3, 0.4) is 0 Å². The van der Waals surface area contributed by atoms with Gasteiger partial charge >= 0.3 is 0 Å². The lowest BCUT2D eigenvalue weighted by Crippen LogP contribution is -2.57. The van der Waals surface area contributed by atoms with Crippen LogP contribution in [0, 0.1) is 56.2 Å². The molecule has 0 radical (unpaired) electrons. The van der Waals surface area contributed by atoms with E-state index in [1.165, 1.54) is 0 Å². The quantitative estimate of drug-likeness (QED) is 0.815. The minimum absolute atomic E-state index is 0.435. The van der Waals surface area contributed by atoms with Crippen LogP contribution in [0.15, 0.2) is 42.6 Å². The van der Waals surface area contributed by atoms with Gasteiger partial charge in [-0.2, -0.15) is 15.8 Å². The summed E-state index contributed by atoms with van der Waals surface area (Å²) in [5, 5.41) is 39.6. The second kappa shape index (κ2) is 6.09. The van der Waals surface area contributed by atoms with Gasteiger partial charge < -0.3 is 14.0 Å². The molecule has 0 saturated carbocycles. The summed E-state index contributed by atoms with van der Waals surface area (Å²) in [6.07, 6.45) is 0.630. The van der Waals surface area contributed by atoms with Crippen LogP contribution in [0.2, 0.25) is 5.02 Å². The molecule has 4 unspecified atom stereocenters. The number of benzene rings is 1. The van der Waals surface area contributed by atoms with E-state index in [0.717, 1.165) is 0 Å². The molecule has 1 aromatic carbocycles. The Kier molecular flexibility index (Phi) is 4.00. The standard InChI is InChI=1S/C21H16ClN5O2/c1-13-20(12-25)18(26)29-21(13,14-5-3-6-15(22)9-14)28-17(19(20,10-23)11-24)16-7-4-8-27(16)2/h3-9,13,17,26H,1-2H3. The third-order valence-electron chi connectivity index (χ3n) is 6.15. The fourth-order valence-corrected chi connectivity index (χ4v) is 4.77. The van der Waals surface area contributed by atoms with E-state index >= 15 is 0 Å². The largest absolute Gasteiger partial charge is 0.443 e. The van der Waals surface area contributed by atoms with Crippen LogP contribution in [0.1, 0.15) is 24.3 Å². The molecule has 1 N–H and O–H groups in total. The summed E-state index contributed by atoms with van der Waals surface area (Å²) >= 11 is 6.18. The van der Waals surface area contributed by atoms with Gasteiger partial charge in [0.15, 0.2) is 5.41 Å². The Labute approximate surface area is 172 Å². The summed E-state index contributed by atoms with van der Waals surface area (Å²) in [7, 11) is 1.76. The molecule has 3 heterocycles. The summed E-state index contributed by atoms with van der Waals surface area (Å²) in [5.41, 5.74) is -2.76. The van der Waals surface area contributed by atoms with Gasteiger partial charge in [-0.15, -0.1) is 0 Å². The maximum absolute atomic E-state index is 10.2. The van der Waals surface area contributed by atoms with Crippen molar-refractivity contribution in [2.45, 2.75) is 18.8 Å². The maximum atomic E-state index is 10.2. The predicted molar refractivity (Wildman–Crippen MR) is 102 cm³/mol. The van der Waals surface area contributed by atoms with Gasteiger partial charge in [0.1, 0.15) is 6.10 Å². The van der Waals surface area contributed by atoms with Gasteiger partial charge in [0, 0.05) is 29.5 Å². The van der Waals surface area contributed by atoms with Gasteiger partial charge in [0.2, 0.25) is 17.1 Å². The van der Waals surface area contributed by atoms with Crippen molar-refractivity contribution >= 4 is 17.5 Å². The van der Waals surface area contributed by atoms with Crippen molar-refractivity contribution < 1.29 is 9.47 Å². The topological polar surface area (TPSA) is 119 Å². The molecule has 2 bridgehead atoms. The highest BCUT2D eigenvalue weighted by atomic mass is 35.5. The van der Waals surface area contributed by atoms with Gasteiger partial charge in [0.05, 0.1) is 24.1 Å². The van der Waals surface area contributed by atoms with Gasteiger partial charge in [-0.1, -0.05) is 30.7 Å². The smallest absolute Gasteiger partial charge is 0.244 e. The third-order valence-corrected chi connectivity index (χ3v) is 6.38. The molecule has 2 aliphatic heterocycles. The molecule has 8 heteroatoms. The van der Waals surface area contributed by atoms with Crippen LogP contribution >= 0.6 is 11.6 Å². The van der Waals surface area contributed by atoms with Crippen molar-refractivity contribution in [3.05, 3.63) is 58.9 Å². The van der Waals surface area contributed by atoms with Gasteiger partial charge in [0.25, 0.3) is 0 Å². The fraction of sp³-hybridized carbons (Fsp3) is 0.333. The fourth-order valence-electron chi connectivity index (χ4n) is 4.58. The first-order valence-electron chi connectivity index (χ1n) is 8.90. The van der Waals surface area contributed by atoms with Crippen LogP contribution in [0.5, 0.6) is 0 Å². The molecule has 144 valence electrons. The van der Waals surface area contributed by atoms with Gasteiger partial charge in [-0.05, 0) is 24.3 Å². The van der Waals surface area contributed by atoms with Crippen molar-refractivity contribution in [2.75, 3.05) is 0 Å². The minimum atomic E-state index is -1.98. The SMILES string of the molecule is CC1C2(c3cccc(Cl)c3)OC(=N)C1(C#N)C(C#N)(C#N)C(c1cccn1C)O2. The third kappa shape index (κ3) is 2.05. The Morgan fingerprint density at radius 3 is 2.41 bits per heavy atom. The van der Waals surface area contributed by atoms with E-state index in [1.54, 1.807) is 61.1 Å². The van der Waals surface area contributed by atoms with E-state index < -0.39 is 34.5 Å². The number of fused-ring (bicyclic) bond motifs is 2. The number of hydrogen-bond donors (Lipinski definition) is 1. The Hall–Kier alpha value is -3.31. The van der Waals surface area contributed by atoms with Gasteiger partial charge in [-0.25, -0.2) is 0 Å². The van der Waals surface area contributed by atoms with Crippen LogP contribution in [-0.4, -0.2) is 10.5 Å². The Morgan fingerprint density at radius 2 is 1.86 bits per heavy atom. The van der Waals surface area contributed by atoms with E-state index in [4.69, 9.17) is 26.5 Å². The summed E-state index contributed by atoms with van der Waals surface area (Å²) in [6.45, 7) is 1.66. The van der Waals surface area contributed by atoms with Crippen molar-refractivity contribution in [3.63, 3.8) is 0 Å². The van der Waals surface area contributed by atoms with E-state index in [2.05, 4.69) is 6.07 Å². The zero-order valence-corrected chi connectivity index (χ0v) is 16.4. The second-order valence-electron chi connectivity index (χ2n) is 7.32. The lowest BCUT2D eigenvalue weighted by Gasteiger charge is -2.48. The molecule has 0 amide bonds. The average molecular weight is 406 g/mol. The van der Waals surface area contributed by atoms with Crippen molar-refractivity contribution in [1.82, 2.24) is 4.57 Å². The highest BCUT2D eigenvalue weighted by molar-refractivity contribution is 6.30. The van der Waals surface area contributed by atoms with Crippen LogP contribution in [0.4, 0.5) is 0 Å². The van der Waals surface area contributed by atoms with Crippen molar-refractivity contribution in [1.29, 1.82) is 21.2 Å². The molecule has 2 fully saturated rings. The minimum Gasteiger partial charge on any atom is -0.443 e. The molecule has 2 aliphatic rings. The number of nitriles is 3. The second-order valence-corrected chi connectivity index (χ2v) is 7.76. The lowest BCUT2D eigenvalue weighted by atomic mass is 9.54. The maximum Gasteiger partial charge on any atom is 0.244 e. The highest BCUT2D eigenvalue weighted by Gasteiger charge is 2.80. The number of aryl methyl sites for hydroxylation is 1. The normalized spacial score (nSPS) is 31.9. The first-order chi connectivity index (χ1) is 13.8. The molecule has 4 atom stereocenters. The van der Waals surface area contributed by atoms with Crippen LogP contribution in [-0.2, 0) is 22.3 Å². The van der Waals surface area contributed by atoms with Crippen LogP contribution in [0.25, 0.3) is 0 Å². The number of nitrogens with one attached hydrogen (secondary N) is 1. The first-order valence-corrected chi connectivity index (χ1v) is 9.27. The Morgan fingerprint density at radius 1 is 1.14 bits per heavy atom. The molecule has 2 aromatic rings. The average Bonchev–Trinajstić information content (AvgIpc) is 3.20. The van der Waals surface area contributed by atoms with E-state index in [1.807, 2.05) is 12.1 Å². The van der Waals surface area contributed by atoms with Crippen molar-refractivity contribution in [2.24, 2.45) is 23.8 Å². The van der Waals surface area contributed by atoms with E-state index in [0.29, 0.717) is 16.3 Å². The van der Waals surface area contributed by atoms with Gasteiger partial charge in [-0.3, -0.25) is 5.41 Å².